The summed E-state index contributed by atoms with van der Waals surface area (Å²) in [6.07, 6.45) is 0. The molecular formula is C12H12FN5O2. The predicted molar refractivity (Wildman–Crippen MR) is 71.5 cm³/mol. The number of methoxy groups -OCH3 is 1. The Balaban J connectivity index is 3.25. The van der Waals surface area contributed by atoms with Gasteiger partial charge in [-0.1, -0.05) is 0 Å². The highest BCUT2D eigenvalue weighted by atomic mass is 19.1. The molecule has 0 heterocycles. The second kappa shape index (κ2) is 6.29. The Kier molecular flexibility index (Phi) is 4.75. The molecule has 0 aromatic heterocycles. The maximum atomic E-state index is 13.6. The summed E-state index contributed by atoms with van der Waals surface area (Å²) < 4.78 is 18.4. The lowest BCUT2D eigenvalue weighted by atomic mass is 10.1. The molecule has 20 heavy (non-hydrogen) atoms. The number of nitrogens with one attached hydrogen (secondary N) is 2. The van der Waals surface area contributed by atoms with E-state index in [0.29, 0.717) is 0 Å². The molecule has 7 nitrogen and oxygen atoms in total. The van der Waals surface area contributed by atoms with Crippen LogP contribution in [0, 0.1) is 22.6 Å². The van der Waals surface area contributed by atoms with Crippen LogP contribution in [0.3, 0.4) is 0 Å². The molecular weight excluding hydrogens is 265 g/mol. The molecule has 0 bridgehead atoms. The summed E-state index contributed by atoms with van der Waals surface area (Å²) in [5.41, 5.74) is 7.26. The first-order valence-corrected chi connectivity index (χ1v) is 5.37. The van der Waals surface area contributed by atoms with Crippen LogP contribution < -0.4 is 15.9 Å². The van der Waals surface area contributed by atoms with Crippen molar-refractivity contribution >= 4 is 23.0 Å². The number of anilines is 1. The Labute approximate surface area is 114 Å². The van der Waals surface area contributed by atoms with Crippen molar-refractivity contribution in [3.8, 4) is 11.8 Å². The zero-order chi connectivity index (χ0) is 15.3. The summed E-state index contributed by atoms with van der Waals surface area (Å²) in [6, 6.07) is 3.82. The first-order valence-electron chi connectivity index (χ1n) is 5.37. The first kappa shape index (κ1) is 15.1. The summed E-state index contributed by atoms with van der Waals surface area (Å²) in [5.74, 6) is -1.67. The van der Waals surface area contributed by atoms with Gasteiger partial charge in [-0.2, -0.15) is 10.4 Å². The van der Waals surface area contributed by atoms with E-state index < -0.39 is 11.7 Å². The molecule has 4 N–H and O–H groups in total. The molecule has 0 amide bonds. The number of ketones is 1. The van der Waals surface area contributed by atoms with Gasteiger partial charge in [0.2, 0.25) is 5.71 Å². The van der Waals surface area contributed by atoms with E-state index in [1.165, 1.54) is 20.1 Å². The SMILES string of the molecule is COc1cc(C(C)=O)c(N/N=C(\C#N)C(=N)N)cc1F. The van der Waals surface area contributed by atoms with E-state index in [9.17, 15) is 9.18 Å². The number of nitrogens with two attached hydrogens (primary N) is 1. The number of nitriles is 1. The van der Waals surface area contributed by atoms with Gasteiger partial charge in [0.15, 0.2) is 23.2 Å². The summed E-state index contributed by atoms with van der Waals surface area (Å²) in [6.45, 7) is 1.29. The maximum Gasteiger partial charge on any atom is 0.201 e. The minimum absolute atomic E-state index is 0.0461. The van der Waals surface area contributed by atoms with Gasteiger partial charge in [0, 0.05) is 11.6 Å². The molecule has 0 unspecified atom stereocenters. The monoisotopic (exact) mass is 277 g/mol. The van der Waals surface area contributed by atoms with E-state index in [-0.39, 0.29) is 28.5 Å². The highest BCUT2D eigenvalue weighted by molar-refractivity contribution is 6.45. The fourth-order valence-electron chi connectivity index (χ4n) is 1.36. The fraction of sp³-hybridized carbons (Fsp3) is 0.167. The zero-order valence-corrected chi connectivity index (χ0v) is 10.8. The largest absolute Gasteiger partial charge is 0.494 e. The van der Waals surface area contributed by atoms with E-state index in [0.717, 1.165) is 6.07 Å². The Hall–Kier alpha value is -2.95. The predicted octanol–water partition coefficient (Wildman–Crippen LogP) is 1.26. The highest BCUT2D eigenvalue weighted by Gasteiger charge is 2.14. The van der Waals surface area contributed by atoms with E-state index in [1.54, 1.807) is 6.07 Å². The smallest absolute Gasteiger partial charge is 0.201 e. The van der Waals surface area contributed by atoms with Crippen LogP contribution in [0.4, 0.5) is 10.1 Å². The second-order valence-electron chi connectivity index (χ2n) is 3.69. The van der Waals surface area contributed by atoms with Crippen LogP contribution >= 0.6 is 0 Å². The quantitative estimate of drug-likeness (QED) is 0.323. The number of hydrogen-bond acceptors (Lipinski definition) is 6. The number of Topliss-reactive ketones (excluding diaryl/α,β-unsaturated/α-hetero) is 1. The zero-order valence-electron chi connectivity index (χ0n) is 10.8. The summed E-state index contributed by atoms with van der Waals surface area (Å²) in [5, 5.41) is 19.3. The van der Waals surface area contributed by atoms with Crippen LogP contribution in [0.15, 0.2) is 17.2 Å². The van der Waals surface area contributed by atoms with E-state index >= 15 is 0 Å². The van der Waals surface area contributed by atoms with Crippen LogP contribution in [0.25, 0.3) is 0 Å². The molecule has 1 aromatic carbocycles. The van der Waals surface area contributed by atoms with Crippen molar-refractivity contribution in [2.75, 3.05) is 12.5 Å². The van der Waals surface area contributed by atoms with Gasteiger partial charge in [0.25, 0.3) is 0 Å². The van der Waals surface area contributed by atoms with Gasteiger partial charge in [0.1, 0.15) is 6.07 Å². The molecule has 0 radical (unpaired) electrons. The van der Waals surface area contributed by atoms with E-state index in [4.69, 9.17) is 21.1 Å². The molecule has 0 spiro atoms. The van der Waals surface area contributed by atoms with Gasteiger partial charge in [0.05, 0.1) is 12.8 Å². The minimum Gasteiger partial charge on any atom is -0.494 e. The van der Waals surface area contributed by atoms with Crippen LogP contribution in [0.2, 0.25) is 0 Å². The van der Waals surface area contributed by atoms with Crippen molar-refractivity contribution in [3.05, 3.63) is 23.5 Å². The Morgan fingerprint density at radius 2 is 2.25 bits per heavy atom. The van der Waals surface area contributed by atoms with E-state index in [2.05, 4.69) is 10.5 Å². The van der Waals surface area contributed by atoms with Crippen molar-refractivity contribution in [2.45, 2.75) is 6.92 Å². The fourth-order valence-corrected chi connectivity index (χ4v) is 1.36. The van der Waals surface area contributed by atoms with Crippen LogP contribution in [0.5, 0.6) is 5.75 Å². The lowest BCUT2D eigenvalue weighted by Gasteiger charge is -2.10. The van der Waals surface area contributed by atoms with Crippen LogP contribution in [-0.2, 0) is 0 Å². The number of hydrogen-bond donors (Lipinski definition) is 3. The molecule has 0 aliphatic carbocycles. The lowest BCUT2D eigenvalue weighted by Crippen LogP contribution is -2.22. The molecule has 104 valence electrons. The van der Waals surface area contributed by atoms with Gasteiger partial charge < -0.3 is 10.5 Å². The van der Waals surface area contributed by atoms with Crippen LogP contribution in [-0.4, -0.2) is 24.4 Å². The Morgan fingerprint density at radius 3 is 2.70 bits per heavy atom. The van der Waals surface area contributed by atoms with Gasteiger partial charge in [-0.3, -0.25) is 15.6 Å². The summed E-state index contributed by atoms with van der Waals surface area (Å²) in [4.78, 5) is 11.5. The number of benzene rings is 1. The van der Waals surface area contributed by atoms with Crippen molar-refractivity contribution in [1.82, 2.24) is 0 Å². The van der Waals surface area contributed by atoms with Gasteiger partial charge in [-0.25, -0.2) is 4.39 Å². The topological polar surface area (TPSA) is 124 Å². The molecule has 1 rings (SSSR count). The van der Waals surface area contributed by atoms with Crippen molar-refractivity contribution in [3.63, 3.8) is 0 Å². The number of carbonyl (C=O) groups is 1. The number of hydrazone groups is 1. The molecule has 0 fully saturated rings. The minimum atomic E-state index is -0.698. The third-order valence-electron chi connectivity index (χ3n) is 2.32. The normalized spacial score (nSPS) is 10.6. The van der Waals surface area contributed by atoms with Crippen LogP contribution in [0.1, 0.15) is 17.3 Å². The third-order valence-corrected chi connectivity index (χ3v) is 2.32. The maximum absolute atomic E-state index is 13.6. The van der Waals surface area contributed by atoms with Crippen molar-refractivity contribution < 1.29 is 13.9 Å². The molecule has 0 atom stereocenters. The van der Waals surface area contributed by atoms with Gasteiger partial charge in [-0.15, -0.1) is 0 Å². The third kappa shape index (κ3) is 3.29. The van der Waals surface area contributed by atoms with Gasteiger partial charge in [-0.05, 0) is 13.0 Å². The highest BCUT2D eigenvalue weighted by Crippen LogP contribution is 2.26. The standard InChI is InChI=1S/C12H12FN5O2/c1-6(19)7-3-11(20-2)8(13)4-9(7)17-18-10(5-14)12(15)16/h3-4,17H,1-2H3,(H3,15,16)/b18-10+. The van der Waals surface area contributed by atoms with E-state index in [1.807, 2.05) is 0 Å². The molecule has 0 saturated carbocycles. The molecule has 0 aliphatic heterocycles. The lowest BCUT2D eigenvalue weighted by molar-refractivity contribution is 0.101. The van der Waals surface area contributed by atoms with Crippen molar-refractivity contribution in [2.24, 2.45) is 10.8 Å². The van der Waals surface area contributed by atoms with Crippen molar-refractivity contribution in [1.29, 1.82) is 10.7 Å². The number of halogens is 1. The average molecular weight is 277 g/mol. The molecule has 1 aromatic rings. The molecule has 0 aliphatic rings. The Bertz CT molecular complexity index is 633. The number of nitrogens with zero attached hydrogens (tertiary/aromatic N) is 2. The summed E-state index contributed by atoms with van der Waals surface area (Å²) >= 11 is 0. The molecule has 8 heteroatoms. The van der Waals surface area contributed by atoms with Gasteiger partial charge >= 0.3 is 0 Å². The first-order chi connectivity index (χ1) is 9.40. The second-order valence-corrected chi connectivity index (χ2v) is 3.69. The number of ether oxygens (including phenoxy) is 1. The summed E-state index contributed by atoms with van der Waals surface area (Å²) in [7, 11) is 1.27. The average Bonchev–Trinajstić information content (AvgIpc) is 2.38. The Morgan fingerprint density at radius 1 is 1.60 bits per heavy atom. The number of carbonyl (C=O) groups excluding carboxylic acids is 1. The number of amidine groups is 1. The molecule has 0 saturated heterocycles. The number of rotatable bonds is 5.